The fourth-order valence-corrected chi connectivity index (χ4v) is 0.793. The summed E-state index contributed by atoms with van der Waals surface area (Å²) in [6.45, 7) is -0.573. The van der Waals surface area contributed by atoms with E-state index >= 15 is 0 Å². The third-order valence-corrected chi connectivity index (χ3v) is 1.54. The minimum Gasteiger partial charge on any atom is -0.480 e. The molecule has 0 saturated carbocycles. The van der Waals surface area contributed by atoms with Gasteiger partial charge in [0, 0.05) is 0 Å². The Hall–Kier alpha value is -0.460. The second-order valence-electron chi connectivity index (χ2n) is 1.97. The summed E-state index contributed by atoms with van der Waals surface area (Å²) < 4.78 is 14.1. The van der Waals surface area contributed by atoms with Gasteiger partial charge in [-0.3, -0.25) is 9.32 Å². The fourth-order valence-electron chi connectivity index (χ4n) is 0.450. The minimum absolute atomic E-state index is 0.573. The van der Waals surface area contributed by atoms with Gasteiger partial charge in [-0.15, -0.1) is 0 Å². The van der Waals surface area contributed by atoms with E-state index in [1.165, 1.54) is 7.05 Å². The van der Waals surface area contributed by atoms with Crippen molar-refractivity contribution < 1.29 is 28.8 Å². The van der Waals surface area contributed by atoms with Crippen molar-refractivity contribution in [1.82, 2.24) is 5.32 Å². The molecular formula is C4H10NO6P. The lowest BCUT2D eigenvalue weighted by atomic mass is 10.3. The van der Waals surface area contributed by atoms with Crippen LogP contribution in [0, 0.1) is 0 Å². The zero-order chi connectivity index (χ0) is 9.78. The number of likely N-dealkylation sites (N-methyl/N-ethyl adjacent to an activating group) is 1. The number of phosphoric acid groups is 1. The van der Waals surface area contributed by atoms with Gasteiger partial charge in [-0.05, 0) is 7.05 Å². The molecule has 0 fully saturated rings. The third-order valence-electron chi connectivity index (χ3n) is 1.06. The van der Waals surface area contributed by atoms with Crippen LogP contribution in [-0.4, -0.2) is 40.6 Å². The molecule has 12 heavy (non-hydrogen) atoms. The lowest BCUT2D eigenvalue weighted by Crippen LogP contribution is -2.37. The van der Waals surface area contributed by atoms with Crippen molar-refractivity contribution in [2.45, 2.75) is 6.04 Å². The van der Waals surface area contributed by atoms with Crippen molar-refractivity contribution in [3.05, 3.63) is 0 Å². The summed E-state index contributed by atoms with van der Waals surface area (Å²) in [6, 6.07) is -1.11. The van der Waals surface area contributed by atoms with E-state index in [-0.39, 0.29) is 0 Å². The summed E-state index contributed by atoms with van der Waals surface area (Å²) in [5, 5.41) is 10.7. The molecule has 0 bridgehead atoms. The molecular weight excluding hydrogens is 189 g/mol. The Bertz CT molecular complexity index is 200. The molecule has 0 rings (SSSR count). The number of hydrogen-bond donors (Lipinski definition) is 4. The van der Waals surface area contributed by atoms with Crippen LogP contribution < -0.4 is 5.32 Å². The van der Waals surface area contributed by atoms with Crippen LogP contribution in [0.15, 0.2) is 0 Å². The largest absolute Gasteiger partial charge is 0.480 e. The van der Waals surface area contributed by atoms with E-state index in [1.807, 2.05) is 0 Å². The maximum absolute atomic E-state index is 10.3. The van der Waals surface area contributed by atoms with Crippen molar-refractivity contribution in [3.63, 3.8) is 0 Å². The standard InChI is InChI=1S/C4H10NO6P/c1-5-3(4(6)7)2-11-12(8,9)10/h3,5H,2H2,1H3,(H,6,7)(H2,8,9,10)/t3-/m0/s1. The molecule has 7 nitrogen and oxygen atoms in total. The van der Waals surface area contributed by atoms with Crippen LogP contribution in [0.2, 0.25) is 0 Å². The average Bonchev–Trinajstić information content (AvgIpc) is 1.85. The molecule has 0 aromatic carbocycles. The van der Waals surface area contributed by atoms with Crippen LogP contribution in [0.4, 0.5) is 0 Å². The number of phosphoric ester groups is 1. The van der Waals surface area contributed by atoms with Gasteiger partial charge in [-0.25, -0.2) is 4.57 Å². The van der Waals surface area contributed by atoms with Crippen molar-refractivity contribution in [2.24, 2.45) is 0 Å². The zero-order valence-corrected chi connectivity index (χ0v) is 7.19. The second-order valence-corrected chi connectivity index (χ2v) is 3.21. The van der Waals surface area contributed by atoms with Gasteiger partial charge in [0.05, 0.1) is 6.61 Å². The summed E-state index contributed by atoms with van der Waals surface area (Å²) >= 11 is 0. The number of carboxylic acids is 1. The van der Waals surface area contributed by atoms with E-state index in [0.29, 0.717) is 0 Å². The van der Waals surface area contributed by atoms with Gasteiger partial charge in [-0.2, -0.15) is 0 Å². The van der Waals surface area contributed by atoms with E-state index in [2.05, 4.69) is 9.84 Å². The van der Waals surface area contributed by atoms with Gasteiger partial charge in [0.25, 0.3) is 0 Å². The normalized spacial score (nSPS) is 14.2. The SMILES string of the molecule is CN[C@@H](COP(=O)(O)O)C(=O)O. The number of carbonyl (C=O) groups is 1. The van der Waals surface area contributed by atoms with Gasteiger partial charge < -0.3 is 20.2 Å². The molecule has 0 aliphatic heterocycles. The number of rotatable bonds is 5. The quantitative estimate of drug-likeness (QED) is 0.409. The molecule has 0 aliphatic rings. The summed E-state index contributed by atoms with van der Waals surface area (Å²) in [5.41, 5.74) is 0. The van der Waals surface area contributed by atoms with Gasteiger partial charge in [0.2, 0.25) is 0 Å². The van der Waals surface area contributed by atoms with Crippen molar-refractivity contribution >= 4 is 13.8 Å². The van der Waals surface area contributed by atoms with Crippen molar-refractivity contribution in [3.8, 4) is 0 Å². The van der Waals surface area contributed by atoms with Crippen LogP contribution in [0.25, 0.3) is 0 Å². The summed E-state index contributed by atoms with van der Waals surface area (Å²) in [6.07, 6.45) is 0. The molecule has 72 valence electrons. The smallest absolute Gasteiger partial charge is 0.469 e. The van der Waals surface area contributed by atoms with E-state index < -0.39 is 26.4 Å². The maximum Gasteiger partial charge on any atom is 0.469 e. The Kier molecular flexibility index (Phi) is 4.36. The Morgan fingerprint density at radius 1 is 1.67 bits per heavy atom. The van der Waals surface area contributed by atoms with Gasteiger partial charge >= 0.3 is 13.8 Å². The highest BCUT2D eigenvalue weighted by Gasteiger charge is 2.21. The Labute approximate surface area is 68.6 Å². The van der Waals surface area contributed by atoms with Gasteiger partial charge in [0.15, 0.2) is 0 Å². The number of aliphatic carboxylic acids is 1. The molecule has 0 aromatic heterocycles. The van der Waals surface area contributed by atoms with E-state index in [4.69, 9.17) is 14.9 Å². The lowest BCUT2D eigenvalue weighted by Gasteiger charge is -2.11. The lowest BCUT2D eigenvalue weighted by molar-refractivity contribution is -0.140. The monoisotopic (exact) mass is 199 g/mol. The highest BCUT2D eigenvalue weighted by atomic mass is 31.2. The first-order valence-electron chi connectivity index (χ1n) is 2.97. The molecule has 0 aliphatic carbocycles. The Balaban J connectivity index is 3.90. The summed E-state index contributed by atoms with van der Waals surface area (Å²) in [5.74, 6) is -1.23. The molecule has 0 aromatic rings. The first-order chi connectivity index (χ1) is 5.37. The van der Waals surface area contributed by atoms with Crippen LogP contribution in [0.3, 0.4) is 0 Å². The molecule has 0 radical (unpaired) electrons. The molecule has 0 amide bonds. The molecule has 0 spiro atoms. The second kappa shape index (κ2) is 4.54. The number of carboxylic acid groups (broad SMARTS) is 1. The van der Waals surface area contributed by atoms with Crippen LogP contribution in [0.5, 0.6) is 0 Å². The van der Waals surface area contributed by atoms with Crippen molar-refractivity contribution in [1.29, 1.82) is 0 Å². The first-order valence-corrected chi connectivity index (χ1v) is 4.50. The molecule has 1 atom stereocenters. The van der Waals surface area contributed by atoms with Gasteiger partial charge in [0.1, 0.15) is 6.04 Å². The maximum atomic E-state index is 10.3. The predicted octanol–water partition coefficient (Wildman–Crippen LogP) is -1.23. The van der Waals surface area contributed by atoms with Gasteiger partial charge in [-0.1, -0.05) is 0 Å². The van der Waals surface area contributed by atoms with E-state index in [9.17, 15) is 9.36 Å². The van der Waals surface area contributed by atoms with E-state index in [0.717, 1.165) is 0 Å². The molecule has 0 unspecified atom stereocenters. The van der Waals surface area contributed by atoms with Crippen molar-refractivity contribution in [2.75, 3.05) is 13.7 Å². The fraction of sp³-hybridized carbons (Fsp3) is 0.750. The number of hydrogen-bond acceptors (Lipinski definition) is 4. The highest BCUT2D eigenvalue weighted by molar-refractivity contribution is 7.46. The highest BCUT2D eigenvalue weighted by Crippen LogP contribution is 2.35. The Morgan fingerprint density at radius 2 is 2.17 bits per heavy atom. The Morgan fingerprint density at radius 3 is 2.42 bits per heavy atom. The zero-order valence-electron chi connectivity index (χ0n) is 6.30. The van der Waals surface area contributed by atoms with Crippen LogP contribution in [0.1, 0.15) is 0 Å². The van der Waals surface area contributed by atoms with Crippen LogP contribution >= 0.6 is 7.82 Å². The summed E-state index contributed by atoms with van der Waals surface area (Å²) in [7, 11) is -3.23. The average molecular weight is 199 g/mol. The predicted molar refractivity (Wildman–Crippen MR) is 38.5 cm³/mol. The third kappa shape index (κ3) is 5.22. The molecule has 0 saturated heterocycles. The number of nitrogens with one attached hydrogen (secondary N) is 1. The minimum atomic E-state index is -4.58. The first kappa shape index (κ1) is 11.5. The molecule has 4 N–H and O–H groups in total. The molecule has 8 heteroatoms. The topological polar surface area (TPSA) is 116 Å². The molecule has 0 heterocycles. The summed E-state index contributed by atoms with van der Waals surface area (Å²) in [4.78, 5) is 26.7. The van der Waals surface area contributed by atoms with E-state index in [1.54, 1.807) is 0 Å². The van der Waals surface area contributed by atoms with Crippen LogP contribution in [-0.2, 0) is 13.9 Å².